The highest BCUT2D eigenvalue weighted by molar-refractivity contribution is 7.91. The van der Waals surface area contributed by atoms with Gasteiger partial charge in [0.05, 0.1) is 23.5 Å². The Hall–Kier alpha value is -0.920. The molecule has 0 radical (unpaired) electrons. The van der Waals surface area contributed by atoms with Crippen molar-refractivity contribution in [2.75, 3.05) is 31.1 Å². The van der Waals surface area contributed by atoms with Crippen LogP contribution in [0.2, 0.25) is 0 Å². The van der Waals surface area contributed by atoms with E-state index in [9.17, 15) is 13.2 Å². The number of carbonyl (C=O) groups excluding carboxylic acids is 1. The first-order valence-corrected chi connectivity index (χ1v) is 10.5. The van der Waals surface area contributed by atoms with Crippen molar-refractivity contribution in [3.63, 3.8) is 0 Å². The molecule has 1 aliphatic heterocycles. The van der Waals surface area contributed by atoms with Gasteiger partial charge in [0.1, 0.15) is 0 Å². The number of thiophene rings is 1. The van der Waals surface area contributed by atoms with Gasteiger partial charge in [-0.2, -0.15) is 11.3 Å². The minimum absolute atomic E-state index is 0.00673. The summed E-state index contributed by atoms with van der Waals surface area (Å²) in [5, 5.41) is 7.10. The Balaban J connectivity index is 1.98. The van der Waals surface area contributed by atoms with Gasteiger partial charge in [0, 0.05) is 6.54 Å². The molecule has 1 amide bonds. The fourth-order valence-corrected chi connectivity index (χ4v) is 5.38. The quantitative estimate of drug-likeness (QED) is 0.817. The van der Waals surface area contributed by atoms with E-state index in [0.717, 1.165) is 13.1 Å². The number of carbonyl (C=O) groups is 1. The smallest absolute Gasteiger partial charge is 0.224 e. The molecule has 2 atom stereocenters. The standard InChI is InChI=1S/C15H24N2O3S2/c1-3-17(4-2)14(12-5-7-21-10-12)9-16-15(18)13-6-8-22(19,20)11-13/h5,7,10,13-14H,3-4,6,8-9,11H2,1-2H3,(H,16,18)/t13-,14-/m1/s1. The van der Waals surface area contributed by atoms with Crippen LogP contribution in [-0.4, -0.2) is 50.4 Å². The zero-order valence-corrected chi connectivity index (χ0v) is 14.8. The van der Waals surface area contributed by atoms with Gasteiger partial charge >= 0.3 is 0 Å². The summed E-state index contributed by atoms with van der Waals surface area (Å²) < 4.78 is 23.0. The molecule has 1 aromatic heterocycles. The molecule has 0 spiro atoms. The van der Waals surface area contributed by atoms with Crippen molar-refractivity contribution in [2.24, 2.45) is 5.92 Å². The molecule has 7 heteroatoms. The van der Waals surface area contributed by atoms with Crippen molar-refractivity contribution in [2.45, 2.75) is 26.3 Å². The van der Waals surface area contributed by atoms with E-state index in [1.807, 2.05) is 5.38 Å². The van der Waals surface area contributed by atoms with Crippen molar-refractivity contribution in [3.8, 4) is 0 Å². The van der Waals surface area contributed by atoms with Gasteiger partial charge in [-0.05, 0) is 41.9 Å². The number of rotatable bonds is 7. The Morgan fingerprint density at radius 2 is 2.18 bits per heavy atom. The van der Waals surface area contributed by atoms with Gasteiger partial charge in [-0.15, -0.1) is 0 Å². The van der Waals surface area contributed by atoms with Crippen LogP contribution in [0.25, 0.3) is 0 Å². The first kappa shape index (κ1) is 17.4. The first-order valence-electron chi connectivity index (χ1n) is 7.71. The van der Waals surface area contributed by atoms with E-state index < -0.39 is 9.84 Å². The molecule has 0 bridgehead atoms. The van der Waals surface area contributed by atoms with Crippen LogP contribution in [0.4, 0.5) is 0 Å². The number of likely N-dealkylation sites (N-methyl/N-ethyl adjacent to an activating group) is 1. The molecular weight excluding hydrogens is 320 g/mol. The summed E-state index contributed by atoms with van der Waals surface area (Å²) in [6.07, 6.45) is 0.447. The van der Waals surface area contributed by atoms with Crippen LogP contribution in [0.15, 0.2) is 16.8 Å². The highest BCUT2D eigenvalue weighted by Crippen LogP contribution is 2.23. The average Bonchev–Trinajstić information content (AvgIpc) is 3.12. The van der Waals surface area contributed by atoms with Crippen LogP contribution < -0.4 is 5.32 Å². The van der Waals surface area contributed by atoms with E-state index in [-0.39, 0.29) is 29.4 Å². The van der Waals surface area contributed by atoms with E-state index in [2.05, 4.69) is 35.5 Å². The van der Waals surface area contributed by atoms with E-state index in [0.29, 0.717) is 13.0 Å². The number of sulfone groups is 1. The summed E-state index contributed by atoms with van der Waals surface area (Å²) in [7, 11) is -3.02. The molecule has 1 N–H and O–H groups in total. The molecule has 5 nitrogen and oxygen atoms in total. The number of nitrogens with one attached hydrogen (secondary N) is 1. The third-order valence-corrected chi connectivity index (χ3v) is 6.72. The molecule has 22 heavy (non-hydrogen) atoms. The summed E-state index contributed by atoms with van der Waals surface area (Å²) in [5.74, 6) is -0.388. The molecule has 0 aromatic carbocycles. The third-order valence-electron chi connectivity index (χ3n) is 4.25. The van der Waals surface area contributed by atoms with Gasteiger partial charge in [-0.3, -0.25) is 9.69 Å². The molecule has 1 fully saturated rings. The number of hydrogen-bond acceptors (Lipinski definition) is 5. The highest BCUT2D eigenvalue weighted by Gasteiger charge is 2.33. The molecule has 2 rings (SSSR count). The fourth-order valence-electron chi connectivity index (χ4n) is 2.93. The lowest BCUT2D eigenvalue weighted by Gasteiger charge is -2.29. The molecule has 0 unspecified atom stereocenters. The van der Waals surface area contributed by atoms with Crippen molar-refractivity contribution in [1.82, 2.24) is 10.2 Å². The Morgan fingerprint density at radius 1 is 1.45 bits per heavy atom. The van der Waals surface area contributed by atoms with Gasteiger partial charge in [0.15, 0.2) is 9.84 Å². The molecule has 0 aliphatic carbocycles. The highest BCUT2D eigenvalue weighted by atomic mass is 32.2. The summed E-state index contributed by atoms with van der Waals surface area (Å²) in [6, 6.07) is 2.23. The SMILES string of the molecule is CCN(CC)[C@H](CNC(=O)[C@@H]1CCS(=O)(=O)C1)c1ccsc1. The Kier molecular flexibility index (Phi) is 6.00. The maximum absolute atomic E-state index is 12.2. The third kappa shape index (κ3) is 4.30. The Bertz CT molecular complexity index is 580. The summed E-state index contributed by atoms with van der Waals surface area (Å²) in [4.78, 5) is 14.5. The lowest BCUT2D eigenvalue weighted by atomic mass is 10.1. The predicted octanol–water partition coefficient (Wildman–Crippen LogP) is 1.68. The molecule has 1 aromatic rings. The predicted molar refractivity (Wildman–Crippen MR) is 89.8 cm³/mol. The topological polar surface area (TPSA) is 66.5 Å². The van der Waals surface area contributed by atoms with Crippen molar-refractivity contribution < 1.29 is 13.2 Å². The maximum Gasteiger partial charge on any atom is 0.224 e. The van der Waals surface area contributed by atoms with Gasteiger partial charge in [-0.1, -0.05) is 13.8 Å². The van der Waals surface area contributed by atoms with Gasteiger partial charge in [0.25, 0.3) is 0 Å². The van der Waals surface area contributed by atoms with Crippen LogP contribution in [-0.2, 0) is 14.6 Å². The summed E-state index contributed by atoms with van der Waals surface area (Å²) in [6.45, 7) is 6.55. The summed E-state index contributed by atoms with van der Waals surface area (Å²) in [5.41, 5.74) is 1.20. The Labute approximate surface area is 136 Å². The van der Waals surface area contributed by atoms with E-state index in [1.54, 1.807) is 11.3 Å². The lowest BCUT2D eigenvalue weighted by Crippen LogP contribution is -2.40. The maximum atomic E-state index is 12.2. The van der Waals surface area contributed by atoms with Gasteiger partial charge in [0.2, 0.25) is 5.91 Å². The molecule has 0 saturated carbocycles. The van der Waals surface area contributed by atoms with Crippen LogP contribution in [0.1, 0.15) is 31.9 Å². The molecule has 1 aliphatic rings. The monoisotopic (exact) mass is 344 g/mol. The van der Waals surface area contributed by atoms with Crippen molar-refractivity contribution in [3.05, 3.63) is 22.4 Å². The van der Waals surface area contributed by atoms with Crippen LogP contribution in [0.5, 0.6) is 0 Å². The van der Waals surface area contributed by atoms with Crippen molar-refractivity contribution in [1.29, 1.82) is 0 Å². The zero-order valence-electron chi connectivity index (χ0n) is 13.1. The molecular formula is C15H24N2O3S2. The zero-order chi connectivity index (χ0) is 16.2. The van der Waals surface area contributed by atoms with Gasteiger partial charge < -0.3 is 5.32 Å². The van der Waals surface area contributed by atoms with E-state index in [4.69, 9.17) is 0 Å². The lowest BCUT2D eigenvalue weighted by molar-refractivity contribution is -0.124. The molecule has 124 valence electrons. The summed E-state index contributed by atoms with van der Waals surface area (Å²) >= 11 is 1.65. The average molecular weight is 345 g/mol. The van der Waals surface area contributed by atoms with Crippen LogP contribution in [0.3, 0.4) is 0 Å². The number of amides is 1. The first-order chi connectivity index (χ1) is 10.5. The molecule has 1 saturated heterocycles. The second kappa shape index (κ2) is 7.57. The normalized spacial score (nSPS) is 21.9. The fraction of sp³-hybridized carbons (Fsp3) is 0.667. The van der Waals surface area contributed by atoms with Crippen LogP contribution in [0, 0.1) is 5.92 Å². The van der Waals surface area contributed by atoms with E-state index in [1.165, 1.54) is 5.56 Å². The minimum Gasteiger partial charge on any atom is -0.354 e. The van der Waals surface area contributed by atoms with Gasteiger partial charge in [-0.25, -0.2) is 8.42 Å². The largest absolute Gasteiger partial charge is 0.354 e. The second-order valence-electron chi connectivity index (χ2n) is 5.64. The number of hydrogen-bond donors (Lipinski definition) is 1. The Morgan fingerprint density at radius 3 is 2.68 bits per heavy atom. The second-order valence-corrected chi connectivity index (χ2v) is 8.65. The van der Waals surface area contributed by atoms with E-state index >= 15 is 0 Å². The molecule has 2 heterocycles. The van der Waals surface area contributed by atoms with Crippen LogP contribution >= 0.6 is 11.3 Å². The van der Waals surface area contributed by atoms with Crippen molar-refractivity contribution >= 4 is 27.1 Å². The number of nitrogens with zero attached hydrogens (tertiary/aromatic N) is 1. The minimum atomic E-state index is -3.02.